The Morgan fingerprint density at radius 2 is 2.24 bits per heavy atom. The van der Waals surface area contributed by atoms with Crippen LogP contribution in [-0.2, 0) is 11.2 Å². The van der Waals surface area contributed by atoms with Crippen molar-refractivity contribution in [2.24, 2.45) is 0 Å². The van der Waals surface area contributed by atoms with Crippen molar-refractivity contribution < 1.29 is 9.59 Å². The van der Waals surface area contributed by atoms with Gasteiger partial charge in [0.15, 0.2) is 0 Å². The number of carbonyl (C=O) groups excluding carboxylic acids is 2. The molecule has 21 heavy (non-hydrogen) atoms. The van der Waals surface area contributed by atoms with Gasteiger partial charge in [0.1, 0.15) is 6.04 Å². The predicted molar refractivity (Wildman–Crippen MR) is 86.7 cm³/mol. The van der Waals surface area contributed by atoms with Crippen molar-refractivity contribution in [2.45, 2.75) is 31.3 Å². The van der Waals surface area contributed by atoms with Gasteiger partial charge in [0.05, 0.1) is 6.04 Å². The van der Waals surface area contributed by atoms with E-state index in [0.29, 0.717) is 5.75 Å². The molecule has 7 heteroatoms. The highest BCUT2D eigenvalue weighted by Crippen LogP contribution is 2.31. The second-order valence-corrected chi connectivity index (χ2v) is 6.20. The molecule has 1 saturated heterocycles. The number of carbonyl (C=O) groups is 2. The molecule has 2 amide bonds. The van der Waals surface area contributed by atoms with Gasteiger partial charge < -0.3 is 16.4 Å². The fraction of sp³-hybridized carbons (Fsp3) is 0.429. The van der Waals surface area contributed by atoms with Crippen LogP contribution in [-0.4, -0.2) is 22.9 Å². The Morgan fingerprint density at radius 1 is 1.43 bits per heavy atom. The number of rotatable bonds is 2. The van der Waals surface area contributed by atoms with E-state index in [9.17, 15) is 9.59 Å². The summed E-state index contributed by atoms with van der Waals surface area (Å²) in [5.41, 5.74) is 8.93. The van der Waals surface area contributed by atoms with Crippen LogP contribution in [0.5, 0.6) is 0 Å². The molecule has 0 aromatic heterocycles. The summed E-state index contributed by atoms with van der Waals surface area (Å²) in [5.74, 6) is 0.407. The molecule has 114 valence electrons. The molecule has 1 aromatic carbocycles. The van der Waals surface area contributed by atoms with Crippen molar-refractivity contribution in [3.8, 4) is 0 Å². The summed E-state index contributed by atoms with van der Waals surface area (Å²) >= 11 is 1.16. The third-order valence-electron chi connectivity index (χ3n) is 3.79. The number of thioether (sulfide) groups is 1. The number of nitrogen functional groups attached to an aromatic ring is 1. The number of hydrogen-bond acceptors (Lipinski definition) is 4. The van der Waals surface area contributed by atoms with Crippen molar-refractivity contribution in [1.29, 1.82) is 0 Å². The third-order valence-corrected chi connectivity index (χ3v) is 4.67. The summed E-state index contributed by atoms with van der Waals surface area (Å²) in [4.78, 5) is 23.3. The minimum absolute atomic E-state index is 0. The third kappa shape index (κ3) is 3.44. The largest absolute Gasteiger partial charge is 0.399 e. The van der Waals surface area contributed by atoms with Crippen molar-refractivity contribution in [1.82, 2.24) is 10.6 Å². The Kier molecular flexibility index (Phi) is 5.00. The molecule has 1 aliphatic carbocycles. The first-order chi connectivity index (χ1) is 9.63. The minimum Gasteiger partial charge on any atom is -0.399 e. The van der Waals surface area contributed by atoms with Gasteiger partial charge >= 0.3 is 0 Å². The van der Waals surface area contributed by atoms with E-state index >= 15 is 0 Å². The number of nitrogens with one attached hydrogen (secondary N) is 2. The zero-order chi connectivity index (χ0) is 14.1. The van der Waals surface area contributed by atoms with E-state index in [-0.39, 0.29) is 29.6 Å². The molecule has 1 unspecified atom stereocenters. The predicted octanol–water partition coefficient (Wildman–Crippen LogP) is 2.01. The van der Waals surface area contributed by atoms with Gasteiger partial charge in [0.2, 0.25) is 5.91 Å². The highest BCUT2D eigenvalue weighted by molar-refractivity contribution is 8.14. The summed E-state index contributed by atoms with van der Waals surface area (Å²) in [6.45, 7) is 0. The Balaban J connectivity index is 0.00000161. The quantitative estimate of drug-likeness (QED) is 0.725. The first-order valence-corrected chi connectivity index (χ1v) is 7.74. The van der Waals surface area contributed by atoms with Gasteiger partial charge in [-0.05, 0) is 42.5 Å². The van der Waals surface area contributed by atoms with E-state index in [4.69, 9.17) is 5.73 Å². The van der Waals surface area contributed by atoms with Crippen LogP contribution in [0.1, 0.15) is 30.0 Å². The fourth-order valence-corrected chi connectivity index (χ4v) is 3.56. The standard InChI is InChI=1S/C14H17N3O2S.ClH/c15-9-4-5-10-8(6-9)2-1-3-11(10)16-13(18)12-7-20-14(19)17-12;/h4-6,11-12H,1-3,7,15H2,(H,16,18)(H,17,19);1H/t11?,12-;/m0./s1. The summed E-state index contributed by atoms with van der Waals surface area (Å²) in [5, 5.41) is 5.59. The normalized spacial score (nSPS) is 23.7. The van der Waals surface area contributed by atoms with Crippen molar-refractivity contribution >= 4 is 41.0 Å². The summed E-state index contributed by atoms with van der Waals surface area (Å²) in [6, 6.07) is 5.47. The number of hydrogen-bond donors (Lipinski definition) is 3. The lowest BCUT2D eigenvalue weighted by atomic mass is 9.87. The summed E-state index contributed by atoms with van der Waals surface area (Å²) < 4.78 is 0. The lowest BCUT2D eigenvalue weighted by molar-refractivity contribution is -0.123. The SMILES string of the molecule is Cl.Nc1ccc2c(c1)CCCC2NC(=O)[C@@H]1CSC(=O)N1. The number of fused-ring (bicyclic) bond motifs is 1. The molecular formula is C14H18ClN3O2S. The maximum Gasteiger partial charge on any atom is 0.279 e. The number of amides is 2. The highest BCUT2D eigenvalue weighted by Gasteiger charge is 2.30. The molecule has 0 bridgehead atoms. The maximum atomic E-state index is 12.2. The van der Waals surface area contributed by atoms with Crippen LogP contribution in [0.3, 0.4) is 0 Å². The van der Waals surface area contributed by atoms with E-state index in [2.05, 4.69) is 10.6 Å². The smallest absolute Gasteiger partial charge is 0.279 e. The lowest BCUT2D eigenvalue weighted by Gasteiger charge is -2.27. The average Bonchev–Trinajstić information content (AvgIpc) is 2.85. The number of aryl methyl sites for hydroxylation is 1. The molecule has 4 N–H and O–H groups in total. The van der Waals surface area contributed by atoms with Gasteiger partial charge in [-0.2, -0.15) is 0 Å². The second kappa shape index (κ2) is 6.58. The number of nitrogens with two attached hydrogens (primary N) is 1. The van der Waals surface area contributed by atoms with Crippen LogP contribution in [0, 0.1) is 0 Å². The first-order valence-electron chi connectivity index (χ1n) is 6.75. The van der Waals surface area contributed by atoms with Gasteiger partial charge in [0.25, 0.3) is 5.24 Å². The van der Waals surface area contributed by atoms with Crippen LogP contribution < -0.4 is 16.4 Å². The van der Waals surface area contributed by atoms with E-state index in [1.807, 2.05) is 18.2 Å². The first kappa shape index (κ1) is 16.0. The van der Waals surface area contributed by atoms with E-state index in [1.165, 1.54) is 5.56 Å². The average molecular weight is 328 g/mol. The molecule has 1 heterocycles. The van der Waals surface area contributed by atoms with E-state index in [0.717, 1.165) is 42.3 Å². The van der Waals surface area contributed by atoms with Gasteiger partial charge in [-0.15, -0.1) is 12.4 Å². The Morgan fingerprint density at radius 3 is 2.95 bits per heavy atom. The van der Waals surface area contributed by atoms with Crippen LogP contribution in [0.2, 0.25) is 0 Å². The molecule has 1 fully saturated rings. The monoisotopic (exact) mass is 327 g/mol. The molecule has 2 aliphatic rings. The molecule has 0 spiro atoms. The number of benzene rings is 1. The van der Waals surface area contributed by atoms with Gasteiger partial charge in [-0.25, -0.2) is 0 Å². The molecule has 1 aromatic rings. The van der Waals surface area contributed by atoms with Crippen LogP contribution >= 0.6 is 24.2 Å². The fourth-order valence-electron chi connectivity index (χ4n) is 2.78. The van der Waals surface area contributed by atoms with Crippen LogP contribution in [0.4, 0.5) is 10.5 Å². The number of halogens is 1. The zero-order valence-electron chi connectivity index (χ0n) is 11.4. The Hall–Kier alpha value is -1.40. The minimum atomic E-state index is -0.411. The summed E-state index contributed by atoms with van der Waals surface area (Å²) in [6.07, 6.45) is 2.96. The van der Waals surface area contributed by atoms with Gasteiger partial charge in [-0.1, -0.05) is 17.8 Å². The molecule has 3 rings (SSSR count). The topological polar surface area (TPSA) is 84.2 Å². The van der Waals surface area contributed by atoms with Crippen molar-refractivity contribution in [3.63, 3.8) is 0 Å². The Bertz CT molecular complexity index is 567. The van der Waals surface area contributed by atoms with Gasteiger partial charge in [0, 0.05) is 11.4 Å². The maximum absolute atomic E-state index is 12.2. The van der Waals surface area contributed by atoms with Crippen molar-refractivity contribution in [3.05, 3.63) is 29.3 Å². The highest BCUT2D eigenvalue weighted by atomic mass is 35.5. The summed E-state index contributed by atoms with van der Waals surface area (Å²) in [7, 11) is 0. The van der Waals surface area contributed by atoms with E-state index in [1.54, 1.807) is 0 Å². The number of anilines is 1. The lowest BCUT2D eigenvalue weighted by Crippen LogP contribution is -2.44. The van der Waals surface area contributed by atoms with E-state index < -0.39 is 6.04 Å². The molecule has 0 radical (unpaired) electrons. The molecule has 5 nitrogen and oxygen atoms in total. The van der Waals surface area contributed by atoms with Gasteiger partial charge in [-0.3, -0.25) is 9.59 Å². The second-order valence-electron chi connectivity index (χ2n) is 5.21. The zero-order valence-corrected chi connectivity index (χ0v) is 13.1. The molecule has 1 aliphatic heterocycles. The van der Waals surface area contributed by atoms with Crippen molar-refractivity contribution in [2.75, 3.05) is 11.5 Å². The Labute approximate surface area is 133 Å². The molecular weight excluding hydrogens is 310 g/mol. The van der Waals surface area contributed by atoms with Crippen LogP contribution in [0.15, 0.2) is 18.2 Å². The molecule has 0 saturated carbocycles. The van der Waals surface area contributed by atoms with Crippen LogP contribution in [0.25, 0.3) is 0 Å². The molecule has 2 atom stereocenters.